The maximum atomic E-state index is 5.26. The number of fused-ring (bicyclic) bond motifs is 1. The van der Waals surface area contributed by atoms with Gasteiger partial charge in [0.05, 0.1) is 20.2 Å². The maximum Gasteiger partial charge on any atom is 0.191 e. The molecule has 2 N–H and O–H groups in total. The highest BCUT2D eigenvalue weighted by molar-refractivity contribution is 5.79. The van der Waals surface area contributed by atoms with E-state index in [4.69, 9.17) is 4.74 Å². The van der Waals surface area contributed by atoms with Crippen molar-refractivity contribution in [2.24, 2.45) is 4.99 Å². The van der Waals surface area contributed by atoms with Crippen molar-refractivity contribution in [3.63, 3.8) is 0 Å². The van der Waals surface area contributed by atoms with Gasteiger partial charge < -0.3 is 19.9 Å². The third-order valence-electron chi connectivity index (χ3n) is 4.25. The van der Waals surface area contributed by atoms with Gasteiger partial charge in [0.25, 0.3) is 0 Å². The molecule has 1 aliphatic rings. The van der Waals surface area contributed by atoms with E-state index in [1.54, 1.807) is 7.11 Å². The lowest BCUT2D eigenvalue weighted by molar-refractivity contribution is 0.414. The van der Waals surface area contributed by atoms with Crippen LogP contribution in [0.2, 0.25) is 0 Å². The molecular weight excluding hydrogens is 316 g/mol. The summed E-state index contributed by atoms with van der Waals surface area (Å²) in [6, 6.07) is 7.96. The monoisotopic (exact) mass is 342 g/mol. The molecule has 0 aliphatic carbocycles. The lowest BCUT2D eigenvalue weighted by Crippen LogP contribution is -2.37. The van der Waals surface area contributed by atoms with Crippen LogP contribution in [-0.2, 0) is 26.1 Å². The minimum atomic E-state index is 0.588. The van der Waals surface area contributed by atoms with Gasteiger partial charge in [-0.2, -0.15) is 0 Å². The molecule has 0 saturated carbocycles. The van der Waals surface area contributed by atoms with Gasteiger partial charge in [-0.3, -0.25) is 0 Å². The summed E-state index contributed by atoms with van der Waals surface area (Å²) in [6.07, 6.45) is 3.43. The second-order valence-electron chi connectivity index (χ2n) is 6.04. The number of guanidine groups is 1. The van der Waals surface area contributed by atoms with E-state index in [0.29, 0.717) is 13.1 Å². The third-order valence-corrected chi connectivity index (χ3v) is 4.25. The lowest BCUT2D eigenvalue weighted by atomic mass is 10.2. The first kappa shape index (κ1) is 17.3. The molecule has 1 aromatic carbocycles. The Bertz CT molecular complexity index is 724. The number of nitrogens with zero attached hydrogens (tertiary/aromatic N) is 4. The van der Waals surface area contributed by atoms with E-state index in [2.05, 4.69) is 37.3 Å². The highest BCUT2D eigenvalue weighted by atomic mass is 16.5. The fourth-order valence-corrected chi connectivity index (χ4v) is 2.94. The first-order valence-corrected chi connectivity index (χ1v) is 8.86. The van der Waals surface area contributed by atoms with Crippen LogP contribution < -0.4 is 15.4 Å². The summed E-state index contributed by atoms with van der Waals surface area (Å²) in [7, 11) is 1.67. The number of aromatic nitrogens is 3. The first-order valence-electron chi connectivity index (χ1n) is 8.86. The summed E-state index contributed by atoms with van der Waals surface area (Å²) < 4.78 is 7.49. The highest BCUT2D eigenvalue weighted by Gasteiger charge is 2.15. The van der Waals surface area contributed by atoms with Crippen molar-refractivity contribution in [2.75, 3.05) is 13.7 Å². The van der Waals surface area contributed by atoms with Gasteiger partial charge in [0, 0.05) is 19.5 Å². The Balaban J connectivity index is 1.63. The molecule has 134 valence electrons. The molecule has 0 bridgehead atoms. The van der Waals surface area contributed by atoms with Gasteiger partial charge in [-0.05, 0) is 37.5 Å². The summed E-state index contributed by atoms with van der Waals surface area (Å²) in [5, 5.41) is 15.2. The van der Waals surface area contributed by atoms with Crippen LogP contribution in [0.3, 0.4) is 0 Å². The number of aryl methyl sites for hydroxylation is 1. The average molecular weight is 342 g/mol. The number of nitrogens with one attached hydrogen (secondary N) is 2. The molecule has 0 unspecified atom stereocenters. The number of hydrogen-bond donors (Lipinski definition) is 2. The van der Waals surface area contributed by atoms with Crippen LogP contribution in [0.25, 0.3) is 0 Å². The number of ether oxygens (including phenoxy) is 1. The molecule has 0 fully saturated rings. The fourth-order valence-electron chi connectivity index (χ4n) is 2.94. The van der Waals surface area contributed by atoms with Crippen molar-refractivity contribution < 1.29 is 4.74 Å². The molecule has 7 nitrogen and oxygen atoms in total. The molecule has 2 heterocycles. The lowest BCUT2D eigenvalue weighted by Gasteiger charge is -2.16. The van der Waals surface area contributed by atoms with Crippen LogP contribution in [0.15, 0.2) is 29.3 Å². The molecule has 7 heteroatoms. The smallest absolute Gasteiger partial charge is 0.191 e. The van der Waals surface area contributed by atoms with E-state index in [-0.39, 0.29) is 0 Å². The average Bonchev–Trinajstić information content (AvgIpc) is 3.07. The second-order valence-corrected chi connectivity index (χ2v) is 6.04. The number of aliphatic imine (C=N–C) groups is 1. The SMILES string of the molecule is CCNC(=NCc1cccc(OC)c1)NCc1nnc2n1CCCC2. The molecule has 0 spiro atoms. The Kier molecular flexibility index (Phi) is 5.87. The minimum absolute atomic E-state index is 0.588. The van der Waals surface area contributed by atoms with Gasteiger partial charge in [-0.15, -0.1) is 10.2 Å². The standard InChI is InChI=1S/C18H26N6O/c1-3-19-18(20-12-14-7-6-8-15(11-14)25-2)21-13-17-23-22-16-9-4-5-10-24(16)17/h6-8,11H,3-5,9-10,12-13H2,1-2H3,(H2,19,20,21). The molecule has 3 rings (SSSR count). The van der Waals surface area contributed by atoms with Crippen molar-refractivity contribution in [1.82, 2.24) is 25.4 Å². The van der Waals surface area contributed by atoms with Gasteiger partial charge in [-0.1, -0.05) is 12.1 Å². The topological polar surface area (TPSA) is 76.4 Å². The Hall–Kier alpha value is -2.57. The van der Waals surface area contributed by atoms with Crippen LogP contribution in [0, 0.1) is 0 Å². The van der Waals surface area contributed by atoms with Crippen molar-refractivity contribution in [3.8, 4) is 5.75 Å². The summed E-state index contributed by atoms with van der Waals surface area (Å²) in [4.78, 5) is 4.65. The molecular formula is C18H26N6O. The van der Waals surface area contributed by atoms with Crippen LogP contribution in [-0.4, -0.2) is 34.4 Å². The van der Waals surface area contributed by atoms with E-state index in [1.807, 2.05) is 24.3 Å². The van der Waals surface area contributed by atoms with Gasteiger partial charge in [-0.25, -0.2) is 4.99 Å². The summed E-state index contributed by atoms with van der Waals surface area (Å²) in [6.45, 7) is 5.09. The molecule has 25 heavy (non-hydrogen) atoms. The zero-order valence-corrected chi connectivity index (χ0v) is 15.0. The Labute approximate surface area is 148 Å². The van der Waals surface area contributed by atoms with E-state index in [1.165, 1.54) is 12.8 Å². The number of methoxy groups -OCH3 is 1. The highest BCUT2D eigenvalue weighted by Crippen LogP contribution is 2.14. The molecule has 0 atom stereocenters. The van der Waals surface area contributed by atoms with E-state index < -0.39 is 0 Å². The van der Waals surface area contributed by atoms with Crippen molar-refractivity contribution in [3.05, 3.63) is 41.5 Å². The first-order chi connectivity index (χ1) is 12.3. The number of hydrogen-bond acceptors (Lipinski definition) is 4. The minimum Gasteiger partial charge on any atom is -0.497 e. The Morgan fingerprint density at radius 2 is 2.20 bits per heavy atom. The van der Waals surface area contributed by atoms with Crippen LogP contribution in [0.4, 0.5) is 0 Å². The zero-order chi connectivity index (χ0) is 17.5. The van der Waals surface area contributed by atoms with Crippen molar-refractivity contribution >= 4 is 5.96 Å². The van der Waals surface area contributed by atoms with Gasteiger partial charge >= 0.3 is 0 Å². The van der Waals surface area contributed by atoms with Crippen LogP contribution >= 0.6 is 0 Å². The molecule has 0 amide bonds. The van der Waals surface area contributed by atoms with E-state index >= 15 is 0 Å². The summed E-state index contributed by atoms with van der Waals surface area (Å²) in [5.74, 6) is 3.70. The number of benzene rings is 1. The summed E-state index contributed by atoms with van der Waals surface area (Å²) >= 11 is 0. The second kappa shape index (κ2) is 8.50. The third kappa shape index (κ3) is 4.49. The largest absolute Gasteiger partial charge is 0.497 e. The molecule has 1 aliphatic heterocycles. The van der Waals surface area contributed by atoms with Crippen LogP contribution in [0.1, 0.15) is 37.0 Å². The normalized spacial score (nSPS) is 14.1. The van der Waals surface area contributed by atoms with Gasteiger partial charge in [0.2, 0.25) is 0 Å². The van der Waals surface area contributed by atoms with E-state index in [0.717, 1.165) is 48.4 Å². The van der Waals surface area contributed by atoms with E-state index in [9.17, 15) is 0 Å². The van der Waals surface area contributed by atoms with Crippen LogP contribution in [0.5, 0.6) is 5.75 Å². The summed E-state index contributed by atoms with van der Waals surface area (Å²) in [5.41, 5.74) is 1.11. The van der Waals surface area contributed by atoms with Gasteiger partial charge in [0.15, 0.2) is 11.8 Å². The zero-order valence-electron chi connectivity index (χ0n) is 15.0. The van der Waals surface area contributed by atoms with Crippen molar-refractivity contribution in [1.29, 1.82) is 0 Å². The predicted octanol–water partition coefficient (Wildman–Crippen LogP) is 1.88. The number of rotatable bonds is 6. The maximum absolute atomic E-state index is 5.26. The molecule has 0 saturated heterocycles. The molecule has 0 radical (unpaired) electrons. The molecule has 2 aromatic rings. The van der Waals surface area contributed by atoms with Gasteiger partial charge in [0.1, 0.15) is 11.6 Å². The Morgan fingerprint density at radius 1 is 1.28 bits per heavy atom. The predicted molar refractivity (Wildman–Crippen MR) is 97.6 cm³/mol. The quantitative estimate of drug-likeness (QED) is 0.619. The molecule has 1 aromatic heterocycles. The fraction of sp³-hybridized carbons (Fsp3) is 0.500. The Morgan fingerprint density at radius 3 is 3.04 bits per heavy atom. The van der Waals surface area contributed by atoms with Crippen molar-refractivity contribution in [2.45, 2.75) is 45.8 Å².